The molecule has 1 aromatic carbocycles. The van der Waals surface area contributed by atoms with E-state index in [-0.39, 0.29) is 16.0 Å². The second-order valence-corrected chi connectivity index (χ2v) is 7.91. The number of hydrogen-bond acceptors (Lipinski definition) is 3. The lowest BCUT2D eigenvalue weighted by Gasteiger charge is -2.25. The summed E-state index contributed by atoms with van der Waals surface area (Å²) in [6, 6.07) is 2.00. The van der Waals surface area contributed by atoms with Gasteiger partial charge in [-0.05, 0) is 37.0 Å². The fraction of sp³-hybridized carbons (Fsp3) is 0.500. The van der Waals surface area contributed by atoms with Crippen molar-refractivity contribution in [3.8, 4) is 0 Å². The third-order valence-corrected chi connectivity index (χ3v) is 5.30. The van der Waals surface area contributed by atoms with Crippen molar-refractivity contribution < 1.29 is 17.6 Å². The van der Waals surface area contributed by atoms with E-state index in [0.29, 0.717) is 12.5 Å². The summed E-state index contributed by atoms with van der Waals surface area (Å²) in [5, 5.41) is 2.62. The highest BCUT2D eigenvalue weighted by Crippen LogP contribution is 2.29. The van der Waals surface area contributed by atoms with E-state index in [4.69, 9.17) is 10.7 Å². The summed E-state index contributed by atoms with van der Waals surface area (Å²) in [5.41, 5.74) is -0.123. The highest BCUT2D eigenvalue weighted by Gasteiger charge is 2.21. The molecule has 1 aliphatic carbocycles. The molecule has 0 aromatic heterocycles. The molecule has 1 aliphatic rings. The zero-order valence-electron chi connectivity index (χ0n) is 11.7. The Kier molecular flexibility index (Phi) is 4.88. The van der Waals surface area contributed by atoms with Crippen LogP contribution >= 0.6 is 10.7 Å². The zero-order chi connectivity index (χ0) is 15.6. The average Bonchev–Trinajstić information content (AvgIpc) is 2.30. The van der Waals surface area contributed by atoms with Crippen LogP contribution < -0.4 is 5.32 Å². The Labute approximate surface area is 128 Å². The monoisotopic (exact) mass is 333 g/mol. The predicted molar refractivity (Wildman–Crippen MR) is 78.5 cm³/mol. The molecule has 0 radical (unpaired) electrons. The van der Waals surface area contributed by atoms with E-state index in [1.165, 1.54) is 26.2 Å². The summed E-state index contributed by atoms with van der Waals surface area (Å²) >= 11 is 0. The minimum absolute atomic E-state index is 0.175. The van der Waals surface area contributed by atoms with Gasteiger partial charge in [0.1, 0.15) is 5.82 Å². The Hall–Kier alpha value is -1.14. The number of aryl methyl sites for hydroxylation is 1. The van der Waals surface area contributed by atoms with E-state index >= 15 is 0 Å². The summed E-state index contributed by atoms with van der Waals surface area (Å²) in [5.74, 6) is -0.738. The molecule has 7 heteroatoms. The molecule has 0 aliphatic heterocycles. The molecule has 1 aromatic rings. The van der Waals surface area contributed by atoms with E-state index in [0.717, 1.165) is 18.6 Å². The van der Waals surface area contributed by atoms with Crippen molar-refractivity contribution in [2.45, 2.75) is 37.5 Å². The molecule has 1 N–H and O–H groups in total. The molecule has 21 heavy (non-hydrogen) atoms. The fourth-order valence-corrected chi connectivity index (χ4v) is 3.56. The summed E-state index contributed by atoms with van der Waals surface area (Å²) in [4.78, 5) is 11.7. The first kappa shape index (κ1) is 16.2. The van der Waals surface area contributed by atoms with Crippen molar-refractivity contribution in [3.05, 3.63) is 29.1 Å². The van der Waals surface area contributed by atoms with Gasteiger partial charge < -0.3 is 5.32 Å². The van der Waals surface area contributed by atoms with Crippen molar-refractivity contribution in [3.63, 3.8) is 0 Å². The molecule has 0 unspecified atom stereocenters. The molecule has 0 heterocycles. The molecule has 1 fully saturated rings. The summed E-state index contributed by atoms with van der Waals surface area (Å²) in [6.45, 7) is 1.89. The van der Waals surface area contributed by atoms with E-state index in [1.807, 2.05) is 0 Å². The van der Waals surface area contributed by atoms with Crippen LogP contribution in [0.25, 0.3) is 0 Å². The number of carbonyl (C=O) groups excluding carboxylic acids is 1. The van der Waals surface area contributed by atoms with E-state index in [9.17, 15) is 17.6 Å². The van der Waals surface area contributed by atoms with Crippen LogP contribution in [0.5, 0.6) is 0 Å². The number of rotatable bonds is 5. The van der Waals surface area contributed by atoms with Gasteiger partial charge in [0.15, 0.2) is 0 Å². The lowest BCUT2D eigenvalue weighted by atomic mass is 9.83. The Morgan fingerprint density at radius 2 is 2.10 bits per heavy atom. The minimum atomic E-state index is -4.01. The van der Waals surface area contributed by atoms with Crippen molar-refractivity contribution in [2.75, 3.05) is 6.54 Å². The highest BCUT2D eigenvalue weighted by molar-refractivity contribution is 8.13. The van der Waals surface area contributed by atoms with Gasteiger partial charge in [0.25, 0.3) is 15.0 Å². The molecule has 2 rings (SSSR count). The van der Waals surface area contributed by atoms with Crippen molar-refractivity contribution in [2.24, 2.45) is 5.92 Å². The number of halogens is 2. The van der Waals surface area contributed by atoms with Gasteiger partial charge in [-0.2, -0.15) is 0 Å². The van der Waals surface area contributed by atoms with Crippen molar-refractivity contribution >= 4 is 25.6 Å². The third-order valence-electron chi connectivity index (χ3n) is 3.83. The van der Waals surface area contributed by atoms with Gasteiger partial charge in [-0.1, -0.05) is 19.3 Å². The summed E-state index contributed by atoms with van der Waals surface area (Å²) < 4.78 is 36.6. The molecular formula is C14H17ClFNO3S. The summed E-state index contributed by atoms with van der Waals surface area (Å²) in [6.07, 6.45) is 4.43. The minimum Gasteiger partial charge on any atom is -0.352 e. The first-order chi connectivity index (χ1) is 9.79. The summed E-state index contributed by atoms with van der Waals surface area (Å²) in [7, 11) is 1.27. The molecule has 4 nitrogen and oxygen atoms in total. The molecule has 1 saturated carbocycles. The van der Waals surface area contributed by atoms with Crippen LogP contribution in [-0.4, -0.2) is 20.9 Å². The number of nitrogens with one attached hydrogen (secondary N) is 1. The topological polar surface area (TPSA) is 63.2 Å². The standard InChI is InChI=1S/C14H17ClFNO3S/c1-9-7-12(16)11(8-13(9)21(15,19)20)14(18)17-6-5-10-3-2-4-10/h7-8,10H,2-6H2,1H3,(H,17,18). The van der Waals surface area contributed by atoms with E-state index in [2.05, 4.69) is 5.32 Å². The first-order valence-corrected chi connectivity index (χ1v) is 9.13. The van der Waals surface area contributed by atoms with Crippen LogP contribution in [0.3, 0.4) is 0 Å². The molecule has 0 bridgehead atoms. The van der Waals surface area contributed by atoms with Gasteiger partial charge in [-0.3, -0.25) is 4.79 Å². The third kappa shape index (κ3) is 3.95. The van der Waals surface area contributed by atoms with E-state index < -0.39 is 20.8 Å². The molecule has 1 amide bonds. The smallest absolute Gasteiger partial charge is 0.261 e. The maximum absolute atomic E-state index is 13.8. The van der Waals surface area contributed by atoms with Gasteiger partial charge in [0.2, 0.25) is 0 Å². The Morgan fingerprint density at radius 3 is 2.62 bits per heavy atom. The van der Waals surface area contributed by atoms with Crippen LogP contribution in [0.4, 0.5) is 4.39 Å². The maximum Gasteiger partial charge on any atom is 0.261 e. The lowest BCUT2D eigenvalue weighted by Crippen LogP contribution is -2.28. The fourth-order valence-electron chi connectivity index (χ4n) is 2.36. The van der Waals surface area contributed by atoms with Crippen LogP contribution in [0.2, 0.25) is 0 Å². The Bertz CT molecular complexity index is 656. The molecule has 0 spiro atoms. The van der Waals surface area contributed by atoms with Crippen LogP contribution in [0, 0.1) is 18.7 Å². The number of benzene rings is 1. The van der Waals surface area contributed by atoms with E-state index in [1.54, 1.807) is 0 Å². The second kappa shape index (κ2) is 6.32. The van der Waals surface area contributed by atoms with Crippen molar-refractivity contribution in [1.29, 1.82) is 0 Å². The first-order valence-electron chi connectivity index (χ1n) is 6.82. The number of amides is 1. The molecule has 0 saturated heterocycles. The van der Waals surface area contributed by atoms with Gasteiger partial charge >= 0.3 is 0 Å². The lowest BCUT2D eigenvalue weighted by molar-refractivity contribution is 0.0944. The highest BCUT2D eigenvalue weighted by atomic mass is 35.7. The molecular weight excluding hydrogens is 317 g/mol. The average molecular weight is 334 g/mol. The van der Waals surface area contributed by atoms with Crippen LogP contribution in [-0.2, 0) is 9.05 Å². The van der Waals surface area contributed by atoms with Gasteiger partial charge in [-0.25, -0.2) is 12.8 Å². The van der Waals surface area contributed by atoms with Crippen LogP contribution in [0.15, 0.2) is 17.0 Å². The predicted octanol–water partition coefficient (Wildman–Crippen LogP) is 2.98. The zero-order valence-corrected chi connectivity index (χ0v) is 13.2. The van der Waals surface area contributed by atoms with Gasteiger partial charge in [0, 0.05) is 17.2 Å². The van der Waals surface area contributed by atoms with Gasteiger partial charge in [0.05, 0.1) is 10.5 Å². The largest absolute Gasteiger partial charge is 0.352 e. The number of hydrogen-bond donors (Lipinski definition) is 1. The number of carbonyl (C=O) groups is 1. The molecule has 116 valence electrons. The SMILES string of the molecule is Cc1cc(F)c(C(=O)NCCC2CCC2)cc1S(=O)(=O)Cl. The normalized spacial score (nSPS) is 15.6. The second-order valence-electron chi connectivity index (χ2n) is 5.38. The van der Waals surface area contributed by atoms with Crippen LogP contribution in [0.1, 0.15) is 41.6 Å². The van der Waals surface area contributed by atoms with Gasteiger partial charge in [-0.15, -0.1) is 0 Å². The van der Waals surface area contributed by atoms with Crippen molar-refractivity contribution in [1.82, 2.24) is 5.32 Å². The molecule has 0 atom stereocenters. The Morgan fingerprint density at radius 1 is 1.43 bits per heavy atom. The maximum atomic E-state index is 13.8. The quantitative estimate of drug-likeness (QED) is 0.842. The Balaban J connectivity index is 2.12.